The van der Waals surface area contributed by atoms with E-state index in [-0.39, 0.29) is 17.7 Å². The maximum atomic E-state index is 13.1. The Kier molecular flexibility index (Phi) is 5.50. The lowest BCUT2D eigenvalue weighted by molar-refractivity contribution is 0.0548. The Balaban J connectivity index is 1.57. The first-order valence-electron chi connectivity index (χ1n) is 10.1. The van der Waals surface area contributed by atoms with Gasteiger partial charge in [-0.1, -0.05) is 29.8 Å². The fourth-order valence-electron chi connectivity index (χ4n) is 4.15. The van der Waals surface area contributed by atoms with Crippen LogP contribution in [0.5, 0.6) is 5.75 Å². The van der Waals surface area contributed by atoms with Crippen LogP contribution in [0.1, 0.15) is 47.2 Å². The largest absolute Gasteiger partial charge is 0.493 e. The van der Waals surface area contributed by atoms with Gasteiger partial charge in [0.1, 0.15) is 5.75 Å². The van der Waals surface area contributed by atoms with Crippen molar-refractivity contribution in [2.75, 3.05) is 17.9 Å². The third-order valence-corrected chi connectivity index (χ3v) is 6.78. The third kappa shape index (κ3) is 4.56. The molecule has 1 fully saturated rings. The summed E-state index contributed by atoms with van der Waals surface area (Å²) in [5, 5.41) is 0. The SMILES string of the molecule is Cc1cccc(CS(=O)(=O)Nc2ccc3c(c2)C(=O)N2CCCCC2CCO3)c1. The van der Waals surface area contributed by atoms with Crippen molar-refractivity contribution in [2.45, 2.75) is 44.4 Å². The van der Waals surface area contributed by atoms with Crippen molar-refractivity contribution in [1.82, 2.24) is 4.90 Å². The monoisotopic (exact) mass is 414 g/mol. The number of sulfonamides is 1. The number of carbonyl (C=O) groups excluding carboxylic acids is 1. The van der Waals surface area contributed by atoms with Crippen LogP contribution in [0.2, 0.25) is 0 Å². The van der Waals surface area contributed by atoms with Crippen LogP contribution in [0.4, 0.5) is 5.69 Å². The molecule has 1 N–H and O–H groups in total. The van der Waals surface area contributed by atoms with Crippen molar-refractivity contribution in [3.05, 3.63) is 59.2 Å². The van der Waals surface area contributed by atoms with Gasteiger partial charge >= 0.3 is 0 Å². The smallest absolute Gasteiger partial charge is 0.257 e. The summed E-state index contributed by atoms with van der Waals surface area (Å²) >= 11 is 0. The fourth-order valence-corrected chi connectivity index (χ4v) is 5.33. The lowest BCUT2D eigenvalue weighted by Crippen LogP contribution is -2.45. The van der Waals surface area contributed by atoms with Gasteiger partial charge in [-0.3, -0.25) is 9.52 Å². The summed E-state index contributed by atoms with van der Waals surface area (Å²) < 4.78 is 33.7. The molecule has 6 nitrogen and oxygen atoms in total. The van der Waals surface area contributed by atoms with Crippen molar-refractivity contribution in [3.63, 3.8) is 0 Å². The Morgan fingerprint density at radius 3 is 2.83 bits per heavy atom. The Labute approximate surface area is 171 Å². The molecule has 29 heavy (non-hydrogen) atoms. The zero-order valence-electron chi connectivity index (χ0n) is 16.6. The van der Waals surface area contributed by atoms with Crippen LogP contribution < -0.4 is 9.46 Å². The molecule has 0 aromatic heterocycles. The predicted octanol–water partition coefficient (Wildman–Crippen LogP) is 3.71. The molecule has 1 amide bonds. The van der Waals surface area contributed by atoms with Gasteiger partial charge in [0.15, 0.2) is 0 Å². The second kappa shape index (κ2) is 8.06. The summed E-state index contributed by atoms with van der Waals surface area (Å²) in [5.74, 6) is 0.314. The maximum Gasteiger partial charge on any atom is 0.257 e. The van der Waals surface area contributed by atoms with Gasteiger partial charge in [0, 0.05) is 24.7 Å². The summed E-state index contributed by atoms with van der Waals surface area (Å²) in [6.07, 6.45) is 3.95. The standard InChI is InChI=1S/C22H26N2O4S/c1-16-5-4-6-17(13-16)15-29(26,27)23-18-8-9-21-20(14-18)22(25)24-11-3-2-7-19(24)10-12-28-21/h4-6,8-9,13-14,19,23H,2-3,7,10-12,15H2,1H3. The number of aryl methyl sites for hydroxylation is 1. The highest BCUT2D eigenvalue weighted by Crippen LogP contribution is 2.31. The molecule has 1 unspecified atom stereocenters. The number of benzene rings is 2. The molecule has 0 aliphatic carbocycles. The summed E-state index contributed by atoms with van der Waals surface area (Å²) in [6.45, 7) is 3.23. The van der Waals surface area contributed by atoms with Gasteiger partial charge in [0.25, 0.3) is 5.91 Å². The molecular formula is C22H26N2O4S. The second-order valence-corrected chi connectivity index (χ2v) is 9.57. The van der Waals surface area contributed by atoms with Crippen molar-refractivity contribution >= 4 is 21.6 Å². The number of amides is 1. The van der Waals surface area contributed by atoms with Gasteiger partial charge in [-0.05, 0) is 49.9 Å². The number of hydrogen-bond donors (Lipinski definition) is 1. The van der Waals surface area contributed by atoms with Gasteiger partial charge in [-0.25, -0.2) is 8.42 Å². The van der Waals surface area contributed by atoms with Crippen LogP contribution in [0.3, 0.4) is 0 Å². The summed E-state index contributed by atoms with van der Waals surface area (Å²) in [4.78, 5) is 15.1. The zero-order chi connectivity index (χ0) is 20.4. The Morgan fingerprint density at radius 2 is 2.00 bits per heavy atom. The summed E-state index contributed by atoms with van der Waals surface area (Å²) in [5.41, 5.74) is 2.53. The Bertz CT molecular complexity index is 1020. The normalized spacial score (nSPS) is 19.4. The third-order valence-electron chi connectivity index (χ3n) is 5.52. The van der Waals surface area contributed by atoms with Crippen molar-refractivity contribution in [3.8, 4) is 5.75 Å². The number of hydrogen-bond acceptors (Lipinski definition) is 4. The molecule has 2 aliphatic heterocycles. The number of nitrogens with zero attached hydrogens (tertiary/aromatic N) is 1. The molecule has 4 rings (SSSR count). The van der Waals surface area contributed by atoms with Crippen LogP contribution in [0.25, 0.3) is 0 Å². The molecule has 0 radical (unpaired) electrons. The van der Waals surface area contributed by atoms with E-state index in [2.05, 4.69) is 4.72 Å². The highest BCUT2D eigenvalue weighted by atomic mass is 32.2. The van der Waals surface area contributed by atoms with Crippen LogP contribution in [0.15, 0.2) is 42.5 Å². The zero-order valence-corrected chi connectivity index (χ0v) is 17.4. The number of piperidine rings is 1. The highest BCUT2D eigenvalue weighted by molar-refractivity contribution is 7.91. The van der Waals surface area contributed by atoms with E-state index < -0.39 is 10.0 Å². The van der Waals surface area contributed by atoms with Gasteiger partial charge < -0.3 is 9.64 Å². The molecule has 2 heterocycles. The van der Waals surface area contributed by atoms with Crippen molar-refractivity contribution in [2.24, 2.45) is 0 Å². The van der Waals surface area contributed by atoms with Crippen LogP contribution in [-0.2, 0) is 15.8 Å². The lowest BCUT2D eigenvalue weighted by Gasteiger charge is -2.37. The molecule has 2 aliphatic rings. The molecule has 1 atom stereocenters. The van der Waals surface area contributed by atoms with Crippen LogP contribution in [-0.4, -0.2) is 38.4 Å². The van der Waals surface area contributed by atoms with Crippen LogP contribution >= 0.6 is 0 Å². The molecule has 0 bridgehead atoms. The maximum absolute atomic E-state index is 13.1. The van der Waals surface area contributed by atoms with E-state index in [1.807, 2.05) is 30.0 Å². The van der Waals surface area contributed by atoms with Crippen molar-refractivity contribution < 1.29 is 17.9 Å². The minimum absolute atomic E-state index is 0.0795. The molecule has 154 valence electrons. The predicted molar refractivity (Wildman–Crippen MR) is 113 cm³/mol. The van der Waals surface area contributed by atoms with E-state index in [1.165, 1.54) is 0 Å². The topological polar surface area (TPSA) is 75.7 Å². The number of anilines is 1. The average molecular weight is 415 g/mol. The molecule has 1 saturated heterocycles. The number of carbonyl (C=O) groups is 1. The fraction of sp³-hybridized carbons (Fsp3) is 0.409. The first-order chi connectivity index (χ1) is 13.9. The van der Waals surface area contributed by atoms with E-state index in [0.717, 1.165) is 43.4 Å². The minimum Gasteiger partial charge on any atom is -0.493 e. The Morgan fingerprint density at radius 1 is 1.14 bits per heavy atom. The lowest BCUT2D eigenvalue weighted by atomic mass is 9.97. The summed E-state index contributed by atoms with van der Waals surface area (Å²) in [6, 6.07) is 12.5. The van der Waals surface area contributed by atoms with Gasteiger partial charge in [0.05, 0.1) is 17.9 Å². The molecule has 0 spiro atoms. The first kappa shape index (κ1) is 19.8. The first-order valence-corrected chi connectivity index (χ1v) is 11.7. The van der Waals surface area contributed by atoms with E-state index in [4.69, 9.17) is 4.74 Å². The molecule has 0 saturated carbocycles. The average Bonchev–Trinajstić information content (AvgIpc) is 2.67. The molecule has 2 aromatic rings. The Hall–Kier alpha value is -2.54. The number of fused-ring (bicyclic) bond motifs is 2. The van der Waals surface area contributed by atoms with E-state index in [9.17, 15) is 13.2 Å². The highest BCUT2D eigenvalue weighted by Gasteiger charge is 2.31. The number of nitrogens with one attached hydrogen (secondary N) is 1. The molecule has 7 heteroatoms. The van der Waals surface area contributed by atoms with Gasteiger partial charge in [0.2, 0.25) is 10.0 Å². The van der Waals surface area contributed by atoms with Crippen molar-refractivity contribution in [1.29, 1.82) is 0 Å². The van der Waals surface area contributed by atoms with E-state index in [0.29, 0.717) is 23.6 Å². The van der Waals surface area contributed by atoms with Gasteiger partial charge in [-0.2, -0.15) is 0 Å². The number of rotatable bonds is 4. The minimum atomic E-state index is -3.60. The molecular weight excluding hydrogens is 388 g/mol. The van der Waals surface area contributed by atoms with Gasteiger partial charge in [-0.15, -0.1) is 0 Å². The van der Waals surface area contributed by atoms with E-state index in [1.54, 1.807) is 24.3 Å². The van der Waals surface area contributed by atoms with E-state index >= 15 is 0 Å². The van der Waals surface area contributed by atoms with Crippen LogP contribution in [0, 0.1) is 6.92 Å². The second-order valence-electron chi connectivity index (χ2n) is 7.85. The molecule has 2 aromatic carbocycles. The summed E-state index contributed by atoms with van der Waals surface area (Å²) in [7, 11) is -3.60. The quantitative estimate of drug-likeness (QED) is 0.827. The number of ether oxygens (including phenoxy) is 1.